The molecule has 5 rings (SSSR count). The van der Waals surface area contributed by atoms with Crippen molar-refractivity contribution in [2.24, 2.45) is 0 Å². The van der Waals surface area contributed by atoms with E-state index in [1.807, 2.05) is 60.7 Å². The highest BCUT2D eigenvalue weighted by atomic mass is 19.4. The third-order valence-corrected chi connectivity index (χ3v) is 6.53. The molecule has 3 aromatic carbocycles. The van der Waals surface area contributed by atoms with Gasteiger partial charge in [0.2, 0.25) is 5.95 Å². The third-order valence-electron chi connectivity index (χ3n) is 6.53. The van der Waals surface area contributed by atoms with Crippen molar-refractivity contribution in [1.82, 2.24) is 14.5 Å². The number of hydrogen-bond donors (Lipinski definition) is 2. The molecule has 0 bridgehead atoms. The van der Waals surface area contributed by atoms with E-state index in [1.165, 1.54) is 21.6 Å². The van der Waals surface area contributed by atoms with Crippen LogP contribution in [-0.4, -0.2) is 27.0 Å². The fourth-order valence-corrected chi connectivity index (χ4v) is 4.65. The summed E-state index contributed by atoms with van der Waals surface area (Å²) in [5.74, 6) is 0.0245. The van der Waals surface area contributed by atoms with Crippen molar-refractivity contribution in [1.29, 1.82) is 0 Å². The number of nitrogens with zero attached hydrogens (tertiary/aromatic N) is 3. The van der Waals surface area contributed by atoms with Crippen molar-refractivity contribution in [3.05, 3.63) is 123 Å². The summed E-state index contributed by atoms with van der Waals surface area (Å²) in [5, 5.41) is 2.60. The highest BCUT2D eigenvalue weighted by Gasteiger charge is 2.31. The molecule has 0 saturated carbocycles. The number of halogens is 3. The molecule has 0 unspecified atom stereocenters. The van der Waals surface area contributed by atoms with E-state index in [0.717, 1.165) is 23.3 Å². The fraction of sp³-hybridized carbons (Fsp3) is 0.179. The standard InChI is InChI=1S/C28H24F3N5O2/c29-28(30,31)20-11-13-21(14-12-20)33-27(38)35-16-15-22-23(17-35)34-26(32)36(25(22)37)24(18-7-3-1-4-8-18)19-9-5-2-6-10-19/h1-14,24H,15-17H2,(H2,32,34)(H,33,38). The Hall–Kier alpha value is -4.60. The molecule has 194 valence electrons. The molecule has 4 aromatic rings. The van der Waals surface area contributed by atoms with Crippen LogP contribution in [0.5, 0.6) is 0 Å². The molecule has 10 heteroatoms. The lowest BCUT2D eigenvalue weighted by molar-refractivity contribution is -0.137. The number of rotatable bonds is 4. The van der Waals surface area contributed by atoms with Gasteiger partial charge in [-0.2, -0.15) is 13.2 Å². The number of carbonyl (C=O) groups excluding carboxylic acids is 1. The number of alkyl halides is 3. The number of nitrogens with two attached hydrogens (primary N) is 1. The first-order valence-corrected chi connectivity index (χ1v) is 11.9. The summed E-state index contributed by atoms with van der Waals surface area (Å²) in [6.07, 6.45) is -4.20. The van der Waals surface area contributed by atoms with E-state index < -0.39 is 23.8 Å². The summed E-state index contributed by atoms with van der Waals surface area (Å²) in [7, 11) is 0. The van der Waals surface area contributed by atoms with Crippen LogP contribution in [0, 0.1) is 0 Å². The van der Waals surface area contributed by atoms with E-state index in [-0.39, 0.29) is 36.7 Å². The summed E-state index contributed by atoms with van der Waals surface area (Å²) >= 11 is 0. The van der Waals surface area contributed by atoms with Crippen LogP contribution >= 0.6 is 0 Å². The van der Waals surface area contributed by atoms with Gasteiger partial charge in [-0.05, 0) is 41.8 Å². The molecule has 0 radical (unpaired) electrons. The largest absolute Gasteiger partial charge is 0.416 e. The Bertz CT molecular complexity index is 1460. The zero-order chi connectivity index (χ0) is 26.9. The molecule has 0 fully saturated rings. The van der Waals surface area contributed by atoms with Gasteiger partial charge in [0.25, 0.3) is 5.56 Å². The number of benzene rings is 3. The first kappa shape index (κ1) is 25.1. The van der Waals surface area contributed by atoms with E-state index in [4.69, 9.17) is 5.73 Å². The number of carbonyl (C=O) groups is 1. The van der Waals surface area contributed by atoms with Crippen molar-refractivity contribution in [2.75, 3.05) is 17.6 Å². The smallest absolute Gasteiger partial charge is 0.369 e. The van der Waals surface area contributed by atoms with Gasteiger partial charge in [0.1, 0.15) is 0 Å². The van der Waals surface area contributed by atoms with Crippen LogP contribution < -0.4 is 16.6 Å². The van der Waals surface area contributed by atoms with Gasteiger partial charge in [-0.3, -0.25) is 9.36 Å². The molecule has 0 aliphatic carbocycles. The molecular formula is C28H24F3N5O2. The minimum Gasteiger partial charge on any atom is -0.369 e. The van der Waals surface area contributed by atoms with Crippen LogP contribution in [0.1, 0.15) is 34.0 Å². The molecule has 2 heterocycles. The molecule has 1 aromatic heterocycles. The Balaban J connectivity index is 1.42. The van der Waals surface area contributed by atoms with Crippen molar-refractivity contribution in [3.63, 3.8) is 0 Å². The van der Waals surface area contributed by atoms with Gasteiger partial charge in [0, 0.05) is 17.8 Å². The monoisotopic (exact) mass is 519 g/mol. The van der Waals surface area contributed by atoms with Crippen molar-refractivity contribution >= 4 is 17.7 Å². The van der Waals surface area contributed by atoms with Crippen LogP contribution in [0.3, 0.4) is 0 Å². The molecule has 3 N–H and O–H groups in total. The van der Waals surface area contributed by atoms with Crippen LogP contribution in [-0.2, 0) is 19.1 Å². The van der Waals surface area contributed by atoms with Crippen molar-refractivity contribution in [3.8, 4) is 0 Å². The Kier molecular flexibility index (Phi) is 6.62. The van der Waals surface area contributed by atoms with Crippen LogP contribution in [0.2, 0.25) is 0 Å². The number of fused-ring (bicyclic) bond motifs is 1. The number of nitrogen functional groups attached to an aromatic ring is 1. The maximum absolute atomic E-state index is 13.7. The maximum Gasteiger partial charge on any atom is 0.416 e. The highest BCUT2D eigenvalue weighted by molar-refractivity contribution is 5.89. The quantitative estimate of drug-likeness (QED) is 0.394. The number of anilines is 2. The minimum atomic E-state index is -4.46. The summed E-state index contributed by atoms with van der Waals surface area (Å²) in [6.45, 7) is 0.283. The summed E-state index contributed by atoms with van der Waals surface area (Å²) in [4.78, 5) is 32.5. The van der Waals surface area contributed by atoms with E-state index in [9.17, 15) is 22.8 Å². The molecule has 7 nitrogen and oxygen atoms in total. The van der Waals surface area contributed by atoms with Crippen LogP contribution in [0.4, 0.5) is 29.6 Å². The lowest BCUT2D eigenvalue weighted by Gasteiger charge is -2.30. The van der Waals surface area contributed by atoms with Crippen LogP contribution in [0.25, 0.3) is 0 Å². The second kappa shape index (κ2) is 10.0. The van der Waals surface area contributed by atoms with E-state index in [0.29, 0.717) is 11.3 Å². The number of hydrogen-bond acceptors (Lipinski definition) is 4. The van der Waals surface area contributed by atoms with E-state index in [2.05, 4.69) is 10.3 Å². The summed E-state index contributed by atoms with van der Waals surface area (Å²) in [5.41, 5.74) is 8.15. The zero-order valence-corrected chi connectivity index (χ0v) is 20.2. The number of nitrogens with one attached hydrogen (secondary N) is 1. The predicted molar refractivity (Wildman–Crippen MR) is 138 cm³/mol. The average molecular weight is 520 g/mol. The molecule has 1 aliphatic heterocycles. The minimum absolute atomic E-state index is 0.0245. The number of urea groups is 1. The van der Waals surface area contributed by atoms with Gasteiger partial charge in [0.15, 0.2) is 0 Å². The van der Waals surface area contributed by atoms with Gasteiger partial charge in [-0.25, -0.2) is 9.78 Å². The van der Waals surface area contributed by atoms with Crippen molar-refractivity contribution < 1.29 is 18.0 Å². The Labute approximate surface area is 216 Å². The van der Waals surface area contributed by atoms with Gasteiger partial charge >= 0.3 is 12.2 Å². The molecule has 0 atom stereocenters. The molecule has 0 saturated heterocycles. The first-order valence-electron chi connectivity index (χ1n) is 11.9. The SMILES string of the molecule is Nc1nc2c(c(=O)n1C(c1ccccc1)c1ccccc1)CCN(C(=O)Nc1ccc(C(F)(F)F)cc1)C2. The molecule has 1 aliphatic rings. The molecule has 38 heavy (non-hydrogen) atoms. The Morgan fingerprint density at radius 2 is 1.50 bits per heavy atom. The second-order valence-electron chi connectivity index (χ2n) is 8.97. The van der Waals surface area contributed by atoms with Gasteiger partial charge in [-0.15, -0.1) is 0 Å². The second-order valence-corrected chi connectivity index (χ2v) is 8.97. The van der Waals surface area contributed by atoms with Crippen LogP contribution in [0.15, 0.2) is 89.7 Å². The topological polar surface area (TPSA) is 93.2 Å². The molecule has 0 spiro atoms. The van der Waals surface area contributed by atoms with E-state index in [1.54, 1.807) is 0 Å². The Morgan fingerprint density at radius 3 is 2.05 bits per heavy atom. The number of aromatic nitrogens is 2. The van der Waals surface area contributed by atoms with Gasteiger partial charge in [0.05, 0.1) is 23.8 Å². The van der Waals surface area contributed by atoms with Gasteiger partial charge < -0.3 is 16.0 Å². The lowest BCUT2D eigenvalue weighted by Crippen LogP contribution is -2.43. The summed E-state index contributed by atoms with van der Waals surface area (Å²) < 4.78 is 39.9. The first-order chi connectivity index (χ1) is 18.2. The zero-order valence-electron chi connectivity index (χ0n) is 20.2. The number of amides is 2. The summed E-state index contributed by atoms with van der Waals surface area (Å²) in [6, 6.07) is 22.3. The molecule has 2 amide bonds. The normalized spacial score (nSPS) is 13.3. The average Bonchev–Trinajstić information content (AvgIpc) is 2.91. The third kappa shape index (κ3) is 4.97. The highest BCUT2D eigenvalue weighted by Crippen LogP contribution is 2.30. The predicted octanol–water partition coefficient (Wildman–Crippen LogP) is 5.07. The molecular weight excluding hydrogens is 495 g/mol. The fourth-order valence-electron chi connectivity index (χ4n) is 4.65. The van der Waals surface area contributed by atoms with Gasteiger partial charge in [-0.1, -0.05) is 60.7 Å². The van der Waals surface area contributed by atoms with Crippen molar-refractivity contribution in [2.45, 2.75) is 25.2 Å². The Morgan fingerprint density at radius 1 is 0.921 bits per heavy atom. The lowest BCUT2D eigenvalue weighted by atomic mass is 9.97. The maximum atomic E-state index is 13.7. The van der Waals surface area contributed by atoms with E-state index >= 15 is 0 Å².